The summed E-state index contributed by atoms with van der Waals surface area (Å²) in [5.41, 5.74) is 8.16. The van der Waals surface area contributed by atoms with E-state index in [1.807, 2.05) is 49.2 Å². The predicted molar refractivity (Wildman–Crippen MR) is 84.8 cm³/mol. The molecule has 0 saturated heterocycles. The molecule has 2 aromatic carbocycles. The molecule has 0 aliphatic heterocycles. The average molecular weight is 288 g/mol. The number of halogens is 1. The van der Waals surface area contributed by atoms with E-state index in [2.05, 4.69) is 0 Å². The number of rotatable bonds is 5. The lowest BCUT2D eigenvalue weighted by atomic mass is 10.0. The Labute approximate surface area is 125 Å². The molecule has 0 spiro atoms. The lowest BCUT2D eigenvalue weighted by Gasteiger charge is -2.25. The van der Waals surface area contributed by atoms with Crippen LogP contribution >= 0.6 is 0 Å². The topological polar surface area (TPSA) is 38.5 Å². The van der Waals surface area contributed by atoms with Crippen LogP contribution in [0.4, 0.5) is 15.8 Å². The van der Waals surface area contributed by atoms with E-state index in [0.29, 0.717) is 12.0 Å². The summed E-state index contributed by atoms with van der Waals surface area (Å²) in [5.74, 6) is 0.516. The van der Waals surface area contributed by atoms with Crippen molar-refractivity contribution < 1.29 is 9.13 Å². The smallest absolute Gasteiger partial charge is 0.142 e. The van der Waals surface area contributed by atoms with Crippen LogP contribution in [0.15, 0.2) is 42.5 Å². The van der Waals surface area contributed by atoms with Crippen LogP contribution in [0.25, 0.3) is 0 Å². The molecule has 0 aliphatic rings. The van der Waals surface area contributed by atoms with Crippen molar-refractivity contribution in [3.63, 3.8) is 0 Å². The number of nitrogens with zero attached hydrogens (tertiary/aromatic N) is 1. The summed E-state index contributed by atoms with van der Waals surface area (Å²) in [4.78, 5) is 1.93. The maximum atomic E-state index is 14.2. The normalized spacial score (nSPS) is 12.0. The fourth-order valence-corrected chi connectivity index (χ4v) is 2.42. The predicted octanol–water partition coefficient (Wildman–Crippen LogP) is 3.49. The SMILES string of the molecule is COc1ccccc1N(C)c1cccc(F)c1CC(C)N. The molecule has 3 nitrogen and oxygen atoms in total. The summed E-state index contributed by atoms with van der Waals surface area (Å²) >= 11 is 0. The summed E-state index contributed by atoms with van der Waals surface area (Å²) in [7, 11) is 3.53. The standard InChI is InChI=1S/C17H21FN2O/c1-12(19)11-13-14(18)7-6-9-15(13)20(2)16-8-4-5-10-17(16)21-3/h4-10,12H,11,19H2,1-3H3. The van der Waals surface area contributed by atoms with Gasteiger partial charge in [-0.15, -0.1) is 0 Å². The van der Waals surface area contributed by atoms with E-state index < -0.39 is 0 Å². The van der Waals surface area contributed by atoms with Gasteiger partial charge in [0.1, 0.15) is 11.6 Å². The van der Waals surface area contributed by atoms with Gasteiger partial charge in [0.25, 0.3) is 0 Å². The minimum absolute atomic E-state index is 0.105. The lowest BCUT2D eigenvalue weighted by molar-refractivity contribution is 0.415. The van der Waals surface area contributed by atoms with Gasteiger partial charge in [-0.25, -0.2) is 4.39 Å². The number of benzene rings is 2. The molecule has 0 aliphatic carbocycles. The first-order chi connectivity index (χ1) is 10.0. The van der Waals surface area contributed by atoms with Crippen molar-refractivity contribution >= 4 is 11.4 Å². The van der Waals surface area contributed by atoms with E-state index in [1.54, 1.807) is 13.2 Å². The average Bonchev–Trinajstić information content (AvgIpc) is 2.48. The lowest BCUT2D eigenvalue weighted by Crippen LogP contribution is -2.21. The van der Waals surface area contributed by atoms with Crippen LogP contribution in [0.2, 0.25) is 0 Å². The third-order valence-electron chi connectivity index (χ3n) is 3.43. The van der Waals surface area contributed by atoms with Gasteiger partial charge in [0.05, 0.1) is 12.8 Å². The van der Waals surface area contributed by atoms with Gasteiger partial charge in [-0.2, -0.15) is 0 Å². The van der Waals surface area contributed by atoms with Crippen molar-refractivity contribution in [2.45, 2.75) is 19.4 Å². The number of nitrogens with two attached hydrogens (primary N) is 1. The van der Waals surface area contributed by atoms with E-state index in [1.165, 1.54) is 6.07 Å². The molecular weight excluding hydrogens is 267 g/mol. The Bertz CT molecular complexity index is 613. The largest absolute Gasteiger partial charge is 0.495 e. The Kier molecular flexibility index (Phi) is 4.81. The van der Waals surface area contributed by atoms with Gasteiger partial charge in [0.2, 0.25) is 0 Å². The van der Waals surface area contributed by atoms with Gasteiger partial charge < -0.3 is 15.4 Å². The molecule has 2 aromatic rings. The van der Waals surface area contributed by atoms with Gasteiger partial charge in [0, 0.05) is 24.3 Å². The number of ether oxygens (including phenoxy) is 1. The highest BCUT2D eigenvalue weighted by Gasteiger charge is 2.16. The second-order valence-corrected chi connectivity index (χ2v) is 5.15. The molecule has 0 bridgehead atoms. The highest BCUT2D eigenvalue weighted by atomic mass is 19.1. The third-order valence-corrected chi connectivity index (χ3v) is 3.43. The van der Waals surface area contributed by atoms with E-state index in [4.69, 9.17) is 10.5 Å². The number of methoxy groups -OCH3 is 1. The first kappa shape index (κ1) is 15.3. The van der Waals surface area contributed by atoms with Crippen LogP contribution in [0.3, 0.4) is 0 Å². The van der Waals surface area contributed by atoms with Crippen molar-refractivity contribution in [2.24, 2.45) is 5.73 Å². The molecule has 1 unspecified atom stereocenters. The Morgan fingerprint density at radius 2 is 1.81 bits per heavy atom. The van der Waals surface area contributed by atoms with Crippen LogP contribution in [-0.2, 0) is 6.42 Å². The second kappa shape index (κ2) is 6.59. The molecule has 0 aromatic heterocycles. The van der Waals surface area contributed by atoms with Gasteiger partial charge in [0.15, 0.2) is 0 Å². The Balaban J connectivity index is 2.48. The fourth-order valence-electron chi connectivity index (χ4n) is 2.42. The molecule has 0 amide bonds. The molecule has 2 rings (SSSR count). The fraction of sp³-hybridized carbons (Fsp3) is 0.294. The van der Waals surface area contributed by atoms with Crippen LogP contribution in [0, 0.1) is 5.82 Å². The Morgan fingerprint density at radius 1 is 1.14 bits per heavy atom. The summed E-state index contributed by atoms with van der Waals surface area (Å²) in [6.45, 7) is 1.87. The summed E-state index contributed by atoms with van der Waals surface area (Å²) in [6.07, 6.45) is 0.488. The minimum atomic E-state index is -0.230. The molecule has 21 heavy (non-hydrogen) atoms. The monoisotopic (exact) mass is 288 g/mol. The first-order valence-electron chi connectivity index (χ1n) is 6.94. The van der Waals surface area contributed by atoms with Crippen molar-refractivity contribution in [3.8, 4) is 5.75 Å². The first-order valence-corrected chi connectivity index (χ1v) is 6.94. The van der Waals surface area contributed by atoms with Crippen molar-refractivity contribution in [3.05, 3.63) is 53.8 Å². The summed E-state index contributed by atoms with van der Waals surface area (Å²) in [5, 5.41) is 0. The van der Waals surface area contributed by atoms with Crippen LogP contribution in [0.1, 0.15) is 12.5 Å². The highest BCUT2D eigenvalue weighted by molar-refractivity contribution is 5.71. The zero-order chi connectivity index (χ0) is 15.4. The molecule has 112 valence electrons. The molecule has 2 N–H and O–H groups in total. The van der Waals surface area contributed by atoms with Gasteiger partial charge in [-0.3, -0.25) is 0 Å². The van der Waals surface area contributed by atoms with Crippen LogP contribution in [0.5, 0.6) is 5.75 Å². The Hall–Kier alpha value is -2.07. The third kappa shape index (κ3) is 3.34. The zero-order valence-corrected chi connectivity index (χ0v) is 12.6. The number of anilines is 2. The van der Waals surface area contributed by atoms with E-state index in [-0.39, 0.29) is 11.9 Å². The quantitative estimate of drug-likeness (QED) is 0.915. The molecule has 0 saturated carbocycles. The molecule has 0 fully saturated rings. The molecular formula is C17H21FN2O. The van der Waals surface area contributed by atoms with Crippen LogP contribution < -0.4 is 15.4 Å². The number of hydrogen-bond donors (Lipinski definition) is 1. The Morgan fingerprint density at radius 3 is 2.48 bits per heavy atom. The van der Waals surface area contributed by atoms with Gasteiger partial charge >= 0.3 is 0 Å². The maximum absolute atomic E-state index is 14.2. The zero-order valence-electron chi connectivity index (χ0n) is 12.6. The molecule has 1 atom stereocenters. The van der Waals surface area contributed by atoms with Crippen molar-refractivity contribution in [1.29, 1.82) is 0 Å². The van der Waals surface area contributed by atoms with E-state index in [9.17, 15) is 4.39 Å². The second-order valence-electron chi connectivity index (χ2n) is 5.15. The number of hydrogen-bond acceptors (Lipinski definition) is 3. The number of para-hydroxylation sites is 2. The summed E-state index contributed by atoms with van der Waals surface area (Å²) < 4.78 is 19.5. The maximum Gasteiger partial charge on any atom is 0.142 e. The van der Waals surface area contributed by atoms with Gasteiger partial charge in [-0.1, -0.05) is 18.2 Å². The van der Waals surface area contributed by atoms with E-state index >= 15 is 0 Å². The van der Waals surface area contributed by atoms with Crippen molar-refractivity contribution in [2.75, 3.05) is 19.1 Å². The molecule has 0 radical (unpaired) electrons. The molecule has 4 heteroatoms. The minimum Gasteiger partial charge on any atom is -0.495 e. The highest BCUT2D eigenvalue weighted by Crippen LogP contribution is 2.35. The van der Waals surface area contributed by atoms with Crippen LogP contribution in [-0.4, -0.2) is 20.2 Å². The van der Waals surface area contributed by atoms with Gasteiger partial charge in [-0.05, 0) is 37.6 Å². The van der Waals surface area contributed by atoms with Crippen molar-refractivity contribution in [1.82, 2.24) is 0 Å². The van der Waals surface area contributed by atoms with E-state index in [0.717, 1.165) is 17.1 Å². The summed E-state index contributed by atoms with van der Waals surface area (Å²) in [6, 6.07) is 12.6. The molecule has 0 heterocycles.